The number of pyridine rings is 2. The molecule has 5 aromatic heterocycles. The third-order valence-electron chi connectivity index (χ3n) is 8.92. The summed E-state index contributed by atoms with van der Waals surface area (Å²) < 4.78 is 7.02. The van der Waals surface area contributed by atoms with Crippen LogP contribution in [0.15, 0.2) is 140 Å². The summed E-state index contributed by atoms with van der Waals surface area (Å²) >= 11 is 0. The Labute approximate surface area is 245 Å². The molecule has 0 atom stereocenters. The van der Waals surface area contributed by atoms with Crippen molar-refractivity contribution >= 4 is 71.1 Å². The van der Waals surface area contributed by atoms with Crippen molar-refractivity contribution in [3.8, 4) is 11.4 Å². The first-order chi connectivity index (χ1) is 21.4. The molecule has 5 heteroatoms. The minimum atomic E-state index is 0.877. The van der Waals surface area contributed by atoms with Gasteiger partial charge in [0.15, 0.2) is 5.65 Å². The molecule has 5 heterocycles. The Bertz CT molecular complexity index is 2710. The second-order valence-electron chi connectivity index (χ2n) is 11.1. The molecule has 0 saturated heterocycles. The molecule has 0 saturated carbocycles. The van der Waals surface area contributed by atoms with Crippen LogP contribution in [0.1, 0.15) is 0 Å². The van der Waals surface area contributed by atoms with Crippen LogP contribution >= 0.6 is 0 Å². The van der Waals surface area contributed by atoms with Crippen LogP contribution in [0, 0.1) is 0 Å². The van der Waals surface area contributed by atoms with E-state index in [0.717, 1.165) is 33.4 Å². The van der Waals surface area contributed by atoms with Gasteiger partial charge in [-0.15, -0.1) is 0 Å². The van der Waals surface area contributed by atoms with Crippen LogP contribution in [0.5, 0.6) is 0 Å². The van der Waals surface area contributed by atoms with E-state index in [-0.39, 0.29) is 0 Å². The van der Waals surface area contributed by atoms with Gasteiger partial charge in [-0.25, -0.2) is 4.98 Å². The molecule has 0 spiro atoms. The second-order valence-corrected chi connectivity index (χ2v) is 11.1. The van der Waals surface area contributed by atoms with E-state index < -0.39 is 0 Å². The zero-order valence-electron chi connectivity index (χ0n) is 23.0. The van der Waals surface area contributed by atoms with Crippen LogP contribution in [-0.2, 0) is 0 Å². The summed E-state index contributed by atoms with van der Waals surface area (Å²) in [6.07, 6.45) is 5.76. The molecular weight excluding hydrogens is 526 g/mol. The molecule has 0 aliphatic heterocycles. The zero-order chi connectivity index (χ0) is 28.1. The Morgan fingerprint density at radius 3 is 1.91 bits per heavy atom. The number of fused-ring (bicyclic) bond motifs is 14. The van der Waals surface area contributed by atoms with Gasteiger partial charge in [0.1, 0.15) is 5.52 Å². The Balaban J connectivity index is 1.52. The highest BCUT2D eigenvalue weighted by atomic mass is 15.0. The zero-order valence-corrected chi connectivity index (χ0v) is 23.0. The van der Waals surface area contributed by atoms with E-state index in [2.05, 4.69) is 129 Å². The number of aromatic nitrogens is 5. The Kier molecular flexibility index (Phi) is 4.39. The predicted molar refractivity (Wildman–Crippen MR) is 177 cm³/mol. The fraction of sp³-hybridized carbons (Fsp3) is 0. The third kappa shape index (κ3) is 2.90. The molecule has 10 rings (SSSR count). The molecule has 10 aromatic rings. The maximum absolute atomic E-state index is 4.82. The van der Waals surface area contributed by atoms with Crippen molar-refractivity contribution in [2.75, 3.05) is 0 Å². The summed E-state index contributed by atoms with van der Waals surface area (Å²) in [4.78, 5) is 9.51. The van der Waals surface area contributed by atoms with Crippen LogP contribution in [0.4, 0.5) is 0 Å². The van der Waals surface area contributed by atoms with E-state index in [9.17, 15) is 0 Å². The monoisotopic (exact) mass is 549 g/mol. The molecule has 0 fully saturated rings. The second kappa shape index (κ2) is 8.30. The third-order valence-corrected chi connectivity index (χ3v) is 8.92. The molecule has 43 heavy (non-hydrogen) atoms. The van der Waals surface area contributed by atoms with Gasteiger partial charge in [0.05, 0.1) is 27.6 Å². The standard InChI is InChI=1S/C38H23N5/c1-3-10-24(11-4-1)42-29-16-8-7-14-26(29)35-32(42)18-17-28-34-31(43(37(28)35)25-12-5-2-6-13-25)20-19-30-33(34)27-15-9-21-39-36(27)38-40-22-23-41(30)38/h1-23H. The average molecular weight is 550 g/mol. The topological polar surface area (TPSA) is 40.1 Å². The number of hydrogen-bond donors (Lipinski definition) is 0. The Hall–Kier alpha value is -5.94. The lowest BCUT2D eigenvalue weighted by atomic mass is 10.0. The first-order valence-electron chi connectivity index (χ1n) is 14.5. The highest BCUT2D eigenvalue weighted by Crippen LogP contribution is 2.45. The SMILES string of the molecule is c1ccc(-n2c3ccccc3c3c2ccc2c4c5c6cccnc6c6nccn6c5ccc4n(-c4ccccc4)c23)cc1. The molecular formula is C38H23N5. The molecule has 0 unspecified atom stereocenters. The van der Waals surface area contributed by atoms with Crippen LogP contribution in [0.25, 0.3) is 82.4 Å². The van der Waals surface area contributed by atoms with Crippen LogP contribution in [0.3, 0.4) is 0 Å². The number of benzene rings is 5. The lowest BCUT2D eigenvalue weighted by Crippen LogP contribution is -1.95. The molecule has 0 radical (unpaired) electrons. The van der Waals surface area contributed by atoms with Crippen molar-refractivity contribution in [2.45, 2.75) is 0 Å². The van der Waals surface area contributed by atoms with Crippen LogP contribution in [0.2, 0.25) is 0 Å². The van der Waals surface area contributed by atoms with E-state index in [0.29, 0.717) is 0 Å². The first kappa shape index (κ1) is 22.7. The smallest absolute Gasteiger partial charge is 0.163 e. The normalized spacial score (nSPS) is 12.2. The summed E-state index contributed by atoms with van der Waals surface area (Å²) in [5.74, 6) is 0. The molecule has 0 N–H and O–H groups in total. The molecule has 5 aromatic carbocycles. The van der Waals surface area contributed by atoms with Gasteiger partial charge in [0.2, 0.25) is 0 Å². The van der Waals surface area contributed by atoms with Gasteiger partial charge in [0.25, 0.3) is 0 Å². The van der Waals surface area contributed by atoms with E-state index in [4.69, 9.17) is 9.97 Å². The Morgan fingerprint density at radius 1 is 0.419 bits per heavy atom. The predicted octanol–water partition coefficient (Wildman–Crippen LogP) is 9.23. The van der Waals surface area contributed by atoms with Crippen molar-refractivity contribution < 1.29 is 0 Å². The lowest BCUT2D eigenvalue weighted by Gasteiger charge is -2.11. The molecule has 0 aliphatic carbocycles. The quantitative estimate of drug-likeness (QED) is 0.202. The highest BCUT2D eigenvalue weighted by Gasteiger charge is 2.23. The summed E-state index contributed by atoms with van der Waals surface area (Å²) in [7, 11) is 0. The van der Waals surface area contributed by atoms with Crippen LogP contribution < -0.4 is 0 Å². The minimum Gasteiger partial charge on any atom is -0.309 e. The number of imidazole rings is 1. The van der Waals surface area contributed by atoms with Crippen molar-refractivity contribution in [1.82, 2.24) is 23.5 Å². The number of hydrogen-bond acceptors (Lipinski definition) is 2. The fourth-order valence-corrected chi connectivity index (χ4v) is 7.27. The van der Waals surface area contributed by atoms with Gasteiger partial charge in [-0.2, -0.15) is 0 Å². The van der Waals surface area contributed by atoms with Crippen molar-refractivity contribution in [3.63, 3.8) is 0 Å². The fourth-order valence-electron chi connectivity index (χ4n) is 7.27. The van der Waals surface area contributed by atoms with Gasteiger partial charge in [-0.3, -0.25) is 9.38 Å². The highest BCUT2D eigenvalue weighted by molar-refractivity contribution is 6.33. The average Bonchev–Trinajstić information content (AvgIpc) is 3.78. The first-order valence-corrected chi connectivity index (χ1v) is 14.5. The van der Waals surface area contributed by atoms with Gasteiger partial charge in [-0.05, 0) is 54.6 Å². The number of para-hydroxylation sites is 3. The van der Waals surface area contributed by atoms with E-state index in [1.165, 1.54) is 49.0 Å². The van der Waals surface area contributed by atoms with Gasteiger partial charge < -0.3 is 9.13 Å². The molecule has 200 valence electrons. The Morgan fingerprint density at radius 2 is 1.07 bits per heavy atom. The maximum atomic E-state index is 4.82. The lowest BCUT2D eigenvalue weighted by molar-refractivity contribution is 1.17. The minimum absolute atomic E-state index is 0.877. The summed E-state index contributed by atoms with van der Waals surface area (Å²) in [6, 6.07) is 43.5. The molecule has 0 bridgehead atoms. The van der Waals surface area contributed by atoms with E-state index in [1.54, 1.807) is 0 Å². The summed E-state index contributed by atoms with van der Waals surface area (Å²) in [5.41, 5.74) is 9.96. The largest absolute Gasteiger partial charge is 0.309 e. The summed E-state index contributed by atoms with van der Waals surface area (Å²) in [6.45, 7) is 0. The maximum Gasteiger partial charge on any atom is 0.163 e. The number of nitrogens with zero attached hydrogens (tertiary/aromatic N) is 5. The molecule has 0 amide bonds. The summed E-state index contributed by atoms with van der Waals surface area (Å²) in [5, 5.41) is 7.23. The van der Waals surface area contributed by atoms with Gasteiger partial charge in [-0.1, -0.05) is 66.7 Å². The van der Waals surface area contributed by atoms with Crippen molar-refractivity contribution in [1.29, 1.82) is 0 Å². The number of rotatable bonds is 2. The van der Waals surface area contributed by atoms with Gasteiger partial charge >= 0.3 is 0 Å². The van der Waals surface area contributed by atoms with E-state index in [1.807, 2.05) is 24.7 Å². The van der Waals surface area contributed by atoms with E-state index >= 15 is 0 Å². The van der Waals surface area contributed by atoms with Crippen molar-refractivity contribution in [3.05, 3.63) is 140 Å². The van der Waals surface area contributed by atoms with Crippen LogP contribution in [-0.4, -0.2) is 23.5 Å². The van der Waals surface area contributed by atoms with Gasteiger partial charge in [0, 0.05) is 62.3 Å². The van der Waals surface area contributed by atoms with Crippen molar-refractivity contribution in [2.24, 2.45) is 0 Å². The molecule has 5 nitrogen and oxygen atoms in total. The molecule has 0 aliphatic rings.